The Kier molecular flexibility index (Phi) is 3.40. The molecule has 0 spiro atoms. The van der Waals surface area contributed by atoms with Crippen molar-refractivity contribution < 1.29 is 0 Å². The third kappa shape index (κ3) is 2.15. The summed E-state index contributed by atoms with van der Waals surface area (Å²) in [5, 5.41) is 16.0. The van der Waals surface area contributed by atoms with Gasteiger partial charge in [-0.2, -0.15) is 5.26 Å². The molecule has 4 nitrogen and oxygen atoms in total. The number of nitrogens with one attached hydrogen (secondary N) is 1. The molecule has 1 aromatic carbocycles. The van der Waals surface area contributed by atoms with Gasteiger partial charge in [-0.25, -0.2) is 4.98 Å². The molecule has 0 unspecified atom stereocenters. The van der Waals surface area contributed by atoms with Gasteiger partial charge in [0.15, 0.2) is 5.13 Å². The van der Waals surface area contributed by atoms with Crippen molar-refractivity contribution in [1.29, 1.82) is 5.26 Å². The molecular weight excluding hydrogens is 268 g/mol. The predicted molar refractivity (Wildman–Crippen MR) is 82.8 cm³/mol. The summed E-state index contributed by atoms with van der Waals surface area (Å²) in [7, 11) is 1.87. The summed E-state index contributed by atoms with van der Waals surface area (Å²) < 4.78 is 2.13. The van der Waals surface area contributed by atoms with E-state index in [0.717, 1.165) is 21.9 Å². The summed E-state index contributed by atoms with van der Waals surface area (Å²) in [6, 6.07) is 10.4. The Morgan fingerprint density at radius 1 is 1.40 bits per heavy atom. The maximum absolute atomic E-state index is 8.78. The number of nitriles is 1. The van der Waals surface area contributed by atoms with Gasteiger partial charge in [-0.05, 0) is 6.07 Å². The molecule has 1 N–H and O–H groups in total. The molecule has 0 saturated heterocycles. The molecule has 5 heteroatoms. The van der Waals surface area contributed by atoms with Crippen LogP contribution < -0.4 is 5.32 Å². The Bertz CT molecular complexity index is 779. The first-order valence-corrected chi connectivity index (χ1v) is 7.30. The van der Waals surface area contributed by atoms with Gasteiger partial charge in [-0.1, -0.05) is 18.2 Å². The van der Waals surface area contributed by atoms with Gasteiger partial charge >= 0.3 is 0 Å². The molecule has 20 heavy (non-hydrogen) atoms. The zero-order valence-corrected chi connectivity index (χ0v) is 11.9. The Labute approximate surface area is 121 Å². The van der Waals surface area contributed by atoms with E-state index >= 15 is 0 Å². The van der Waals surface area contributed by atoms with Crippen molar-refractivity contribution in [1.82, 2.24) is 9.55 Å². The van der Waals surface area contributed by atoms with Crippen molar-refractivity contribution in [3.8, 4) is 17.3 Å². The monoisotopic (exact) mass is 282 g/mol. The molecule has 3 rings (SSSR count). The van der Waals surface area contributed by atoms with Crippen LogP contribution in [0, 0.1) is 11.3 Å². The topological polar surface area (TPSA) is 53.6 Å². The molecule has 100 valence electrons. The van der Waals surface area contributed by atoms with E-state index in [0.29, 0.717) is 13.0 Å². The van der Waals surface area contributed by atoms with Crippen molar-refractivity contribution in [2.45, 2.75) is 13.0 Å². The number of anilines is 1. The number of para-hydroxylation sites is 1. The Hall–Kier alpha value is -2.32. The van der Waals surface area contributed by atoms with Gasteiger partial charge in [0, 0.05) is 41.6 Å². The number of aryl methyl sites for hydroxylation is 1. The predicted octanol–water partition coefficient (Wildman–Crippen LogP) is 3.72. The largest absolute Gasteiger partial charge is 0.365 e. The van der Waals surface area contributed by atoms with E-state index in [9.17, 15) is 0 Å². The number of hydrogen-bond acceptors (Lipinski definition) is 4. The lowest BCUT2D eigenvalue weighted by molar-refractivity contribution is 0.745. The van der Waals surface area contributed by atoms with E-state index in [2.05, 4.69) is 44.6 Å². The van der Waals surface area contributed by atoms with Crippen molar-refractivity contribution >= 4 is 27.4 Å². The first-order valence-electron chi connectivity index (χ1n) is 6.42. The molecule has 2 aromatic heterocycles. The number of benzene rings is 1. The highest BCUT2D eigenvalue weighted by Gasteiger charge is 2.12. The minimum absolute atomic E-state index is 0.511. The highest BCUT2D eigenvalue weighted by molar-refractivity contribution is 7.14. The number of thiazole rings is 1. The van der Waals surface area contributed by atoms with Gasteiger partial charge < -0.3 is 9.88 Å². The SMILES string of the molecule is CNc1nc(-c2cn(CCC#N)c3ccccc23)cs1. The number of nitrogens with zero attached hydrogens (tertiary/aromatic N) is 3. The number of fused-ring (bicyclic) bond motifs is 1. The fraction of sp³-hybridized carbons (Fsp3) is 0.200. The van der Waals surface area contributed by atoms with Crippen LogP contribution in [0.3, 0.4) is 0 Å². The molecule has 0 atom stereocenters. The smallest absolute Gasteiger partial charge is 0.182 e. The summed E-state index contributed by atoms with van der Waals surface area (Å²) in [5.41, 5.74) is 3.25. The van der Waals surface area contributed by atoms with Crippen molar-refractivity contribution in [2.24, 2.45) is 0 Å². The van der Waals surface area contributed by atoms with Crippen LogP contribution in [0.5, 0.6) is 0 Å². The fourth-order valence-electron chi connectivity index (χ4n) is 2.32. The molecular formula is C15H14N4S. The maximum Gasteiger partial charge on any atom is 0.182 e. The average Bonchev–Trinajstić information content (AvgIpc) is 3.09. The molecule has 0 amide bonds. The lowest BCUT2D eigenvalue weighted by atomic mass is 10.1. The average molecular weight is 282 g/mol. The molecule has 0 radical (unpaired) electrons. The Balaban J connectivity index is 2.13. The molecule has 0 saturated carbocycles. The zero-order chi connectivity index (χ0) is 13.9. The lowest BCUT2D eigenvalue weighted by Gasteiger charge is -2.00. The maximum atomic E-state index is 8.78. The first-order chi connectivity index (χ1) is 9.83. The summed E-state index contributed by atoms with van der Waals surface area (Å²) in [6.07, 6.45) is 2.60. The highest BCUT2D eigenvalue weighted by Crippen LogP contribution is 2.32. The van der Waals surface area contributed by atoms with E-state index in [1.54, 1.807) is 11.3 Å². The molecule has 0 aliphatic carbocycles. The lowest BCUT2D eigenvalue weighted by Crippen LogP contribution is -1.94. The van der Waals surface area contributed by atoms with Crippen molar-refractivity contribution in [3.05, 3.63) is 35.8 Å². The van der Waals surface area contributed by atoms with Crippen molar-refractivity contribution in [2.75, 3.05) is 12.4 Å². The summed E-state index contributed by atoms with van der Waals surface area (Å²) in [4.78, 5) is 4.57. The number of hydrogen-bond donors (Lipinski definition) is 1. The van der Waals surface area contributed by atoms with Crippen LogP contribution in [-0.2, 0) is 6.54 Å². The van der Waals surface area contributed by atoms with Gasteiger partial charge in [0.05, 0.1) is 18.2 Å². The normalized spacial score (nSPS) is 10.6. The molecule has 0 fully saturated rings. The molecule has 0 bridgehead atoms. The second-order valence-corrected chi connectivity index (χ2v) is 5.31. The quantitative estimate of drug-likeness (QED) is 0.793. The third-order valence-electron chi connectivity index (χ3n) is 3.25. The van der Waals surface area contributed by atoms with Crippen LogP contribution in [0.15, 0.2) is 35.8 Å². The van der Waals surface area contributed by atoms with Crippen LogP contribution >= 0.6 is 11.3 Å². The summed E-state index contributed by atoms with van der Waals surface area (Å²) >= 11 is 1.60. The van der Waals surface area contributed by atoms with Gasteiger partial charge in [0.1, 0.15) is 0 Å². The van der Waals surface area contributed by atoms with Crippen molar-refractivity contribution in [3.63, 3.8) is 0 Å². The van der Waals surface area contributed by atoms with Crippen LogP contribution in [-0.4, -0.2) is 16.6 Å². The number of rotatable bonds is 4. The summed E-state index contributed by atoms with van der Waals surface area (Å²) in [5.74, 6) is 0. The van der Waals surface area contributed by atoms with E-state index in [1.165, 1.54) is 5.39 Å². The first kappa shape index (κ1) is 12.7. The molecule has 0 aliphatic heterocycles. The molecule has 3 aromatic rings. The van der Waals surface area contributed by atoms with Crippen LogP contribution in [0.25, 0.3) is 22.2 Å². The van der Waals surface area contributed by atoms with Gasteiger partial charge in [0.25, 0.3) is 0 Å². The van der Waals surface area contributed by atoms with E-state index in [-0.39, 0.29) is 0 Å². The standard InChI is InChI=1S/C15H14N4S/c1-17-15-18-13(10-20-15)12-9-19(8-4-7-16)14-6-3-2-5-11(12)14/h2-3,5-6,9-10H,4,8H2,1H3,(H,17,18). The molecule has 0 aliphatic rings. The van der Waals surface area contributed by atoms with Gasteiger partial charge in [0.2, 0.25) is 0 Å². The Morgan fingerprint density at radius 2 is 2.25 bits per heavy atom. The van der Waals surface area contributed by atoms with Gasteiger partial charge in [-0.15, -0.1) is 11.3 Å². The molecule has 2 heterocycles. The minimum atomic E-state index is 0.511. The van der Waals surface area contributed by atoms with Crippen LogP contribution in [0.4, 0.5) is 5.13 Å². The van der Waals surface area contributed by atoms with Crippen LogP contribution in [0.2, 0.25) is 0 Å². The second-order valence-electron chi connectivity index (χ2n) is 4.45. The zero-order valence-electron chi connectivity index (χ0n) is 11.1. The van der Waals surface area contributed by atoms with E-state index in [1.807, 2.05) is 19.2 Å². The van der Waals surface area contributed by atoms with E-state index in [4.69, 9.17) is 5.26 Å². The number of aromatic nitrogens is 2. The second kappa shape index (κ2) is 5.35. The van der Waals surface area contributed by atoms with Crippen LogP contribution in [0.1, 0.15) is 6.42 Å². The highest BCUT2D eigenvalue weighted by atomic mass is 32.1. The Morgan fingerprint density at radius 3 is 3.00 bits per heavy atom. The van der Waals surface area contributed by atoms with E-state index < -0.39 is 0 Å². The fourth-order valence-corrected chi connectivity index (χ4v) is 2.99. The summed E-state index contributed by atoms with van der Waals surface area (Å²) in [6.45, 7) is 0.708. The third-order valence-corrected chi connectivity index (χ3v) is 4.11. The minimum Gasteiger partial charge on any atom is -0.365 e. The van der Waals surface area contributed by atoms with Gasteiger partial charge in [-0.3, -0.25) is 0 Å².